The summed E-state index contributed by atoms with van der Waals surface area (Å²) < 4.78 is 45.1. The first-order valence-corrected chi connectivity index (χ1v) is 20.3. The number of ketones is 1. The fourth-order valence-corrected chi connectivity index (χ4v) is 9.11. The number of nitrogens with zero attached hydrogens (tertiary/aromatic N) is 2. The summed E-state index contributed by atoms with van der Waals surface area (Å²) in [5.74, 6) is -1.19. The second-order valence-corrected chi connectivity index (χ2v) is 18.1. The number of ether oxygens (including phenoxy) is 3. The summed E-state index contributed by atoms with van der Waals surface area (Å²) in [4.78, 5) is 71.8. The van der Waals surface area contributed by atoms with E-state index in [-0.39, 0.29) is 38.5 Å². The summed E-state index contributed by atoms with van der Waals surface area (Å²) in [5, 5.41) is 2.11. The number of benzene rings is 1. The Balaban J connectivity index is 1.26. The van der Waals surface area contributed by atoms with Gasteiger partial charge in [-0.05, 0) is 61.5 Å². The summed E-state index contributed by atoms with van der Waals surface area (Å²) in [6.07, 6.45) is 5.27. The van der Waals surface area contributed by atoms with Crippen molar-refractivity contribution in [1.29, 1.82) is 0 Å². The molecule has 5 aliphatic rings. The summed E-state index contributed by atoms with van der Waals surface area (Å²) in [6, 6.07) is 3.50. The van der Waals surface area contributed by atoms with Crippen LogP contribution in [0.25, 0.3) is 0 Å². The average molecular weight is 757 g/mol. The lowest BCUT2D eigenvalue weighted by molar-refractivity contribution is -0.142. The van der Waals surface area contributed by atoms with Crippen LogP contribution in [0.1, 0.15) is 96.6 Å². The second kappa shape index (κ2) is 15.3. The number of amides is 4. The predicted octanol–water partition coefficient (Wildman–Crippen LogP) is 4.35. The van der Waals surface area contributed by atoms with Crippen LogP contribution in [0.15, 0.2) is 30.4 Å². The Labute approximate surface area is 311 Å². The molecule has 1 aromatic rings. The third-order valence-corrected chi connectivity index (χ3v) is 12.9. The van der Waals surface area contributed by atoms with Gasteiger partial charge in [-0.15, -0.1) is 0 Å². The van der Waals surface area contributed by atoms with Gasteiger partial charge < -0.3 is 24.4 Å². The quantitative estimate of drug-likeness (QED) is 0.380. The molecule has 3 aliphatic heterocycles. The summed E-state index contributed by atoms with van der Waals surface area (Å²) in [7, 11) is -3.84. The number of carbonyl (C=O) groups excluding carboxylic acids is 5. The molecule has 2 saturated carbocycles. The van der Waals surface area contributed by atoms with Crippen LogP contribution < -0.4 is 14.8 Å². The van der Waals surface area contributed by atoms with Crippen LogP contribution in [0.2, 0.25) is 0 Å². The van der Waals surface area contributed by atoms with Crippen LogP contribution in [0.3, 0.4) is 0 Å². The van der Waals surface area contributed by atoms with Gasteiger partial charge in [-0.2, -0.15) is 0 Å². The Bertz CT molecular complexity index is 1750. The number of nitrogens with one attached hydrogen (secondary N) is 2. The molecule has 2 N–H and O–H groups in total. The maximum Gasteiger partial charge on any atom is 0.410 e. The maximum absolute atomic E-state index is 14.4. The molecule has 0 aromatic heterocycles. The molecule has 290 valence electrons. The molecule has 1 aromatic carbocycles. The molecule has 2 aliphatic carbocycles. The number of rotatable bonds is 7. The van der Waals surface area contributed by atoms with E-state index in [1.807, 2.05) is 37.3 Å². The van der Waals surface area contributed by atoms with E-state index in [0.29, 0.717) is 63.8 Å². The van der Waals surface area contributed by atoms with Gasteiger partial charge in [-0.3, -0.25) is 24.0 Å². The number of alkyl carbamates (subject to hydrolysis) is 1. The lowest BCUT2D eigenvalue weighted by atomic mass is 9.85. The first kappa shape index (κ1) is 38.6. The van der Waals surface area contributed by atoms with E-state index in [4.69, 9.17) is 14.2 Å². The van der Waals surface area contributed by atoms with Gasteiger partial charge in [0, 0.05) is 24.9 Å². The van der Waals surface area contributed by atoms with Gasteiger partial charge in [-0.25, -0.2) is 18.0 Å². The third-order valence-electron chi connectivity index (χ3n) is 11.1. The van der Waals surface area contributed by atoms with Crippen molar-refractivity contribution in [2.24, 2.45) is 16.7 Å². The van der Waals surface area contributed by atoms with Crippen LogP contribution in [-0.4, -0.2) is 91.2 Å². The highest BCUT2D eigenvalue weighted by molar-refractivity contribution is 7.90. The summed E-state index contributed by atoms with van der Waals surface area (Å²) in [5.41, 5.74) is -0.191. The lowest BCUT2D eigenvalue weighted by Gasteiger charge is -2.35. The highest BCUT2D eigenvalue weighted by Crippen LogP contribution is 2.58. The number of carbonyl (C=O) groups is 5. The molecule has 3 heterocycles. The number of hydrogen-bond acceptors (Lipinski definition) is 10. The topological polar surface area (TPSA) is 178 Å². The van der Waals surface area contributed by atoms with Crippen LogP contribution in [0.5, 0.6) is 5.75 Å². The molecule has 0 radical (unpaired) electrons. The van der Waals surface area contributed by atoms with Crippen molar-refractivity contribution in [3.8, 4) is 5.75 Å². The molecule has 4 bridgehead atoms. The highest BCUT2D eigenvalue weighted by Gasteiger charge is 2.62. The zero-order chi connectivity index (χ0) is 38.1. The fraction of sp³-hybridized carbons (Fsp3) is 0.658. The minimum absolute atomic E-state index is 0.0192. The molecule has 5 atom stereocenters. The molecular weight excluding hydrogens is 705 g/mol. The molecule has 14 nitrogen and oxygen atoms in total. The maximum atomic E-state index is 14.4. The number of hydrogen-bond donors (Lipinski definition) is 2. The monoisotopic (exact) mass is 756 g/mol. The van der Waals surface area contributed by atoms with Gasteiger partial charge in [0.2, 0.25) is 21.8 Å². The molecule has 1 saturated heterocycles. The van der Waals surface area contributed by atoms with E-state index < -0.39 is 74.1 Å². The van der Waals surface area contributed by atoms with Crippen LogP contribution >= 0.6 is 0 Å². The molecule has 4 amide bonds. The van der Waals surface area contributed by atoms with Crippen molar-refractivity contribution in [3.05, 3.63) is 41.5 Å². The number of fused-ring (bicyclic) bond motifs is 3. The minimum Gasteiger partial charge on any atom is -0.493 e. The zero-order valence-electron chi connectivity index (χ0n) is 31.1. The fourth-order valence-electron chi connectivity index (χ4n) is 7.73. The molecule has 0 spiro atoms. The van der Waals surface area contributed by atoms with Crippen LogP contribution in [0.4, 0.5) is 9.59 Å². The average Bonchev–Trinajstić information content (AvgIpc) is 3.99. The van der Waals surface area contributed by atoms with Gasteiger partial charge in [0.25, 0.3) is 0 Å². The Hall–Kier alpha value is -4.14. The van der Waals surface area contributed by atoms with Crippen LogP contribution in [-0.2, 0) is 47.0 Å². The van der Waals surface area contributed by atoms with Gasteiger partial charge in [0.1, 0.15) is 17.9 Å². The molecule has 6 rings (SSSR count). The first-order chi connectivity index (χ1) is 25.1. The number of sulfonamides is 1. The zero-order valence-corrected chi connectivity index (χ0v) is 31.9. The molecule has 53 heavy (non-hydrogen) atoms. The van der Waals surface area contributed by atoms with E-state index in [1.165, 1.54) is 4.90 Å². The Morgan fingerprint density at radius 1 is 1.04 bits per heavy atom. The molecule has 3 fully saturated rings. The van der Waals surface area contributed by atoms with Crippen molar-refractivity contribution >= 4 is 39.8 Å². The lowest BCUT2D eigenvalue weighted by Crippen LogP contribution is -2.57. The van der Waals surface area contributed by atoms with Crippen LogP contribution in [0, 0.1) is 16.7 Å². The van der Waals surface area contributed by atoms with Gasteiger partial charge in [-0.1, -0.05) is 58.4 Å². The van der Waals surface area contributed by atoms with Gasteiger partial charge in [0.15, 0.2) is 5.78 Å². The standard InChI is InChI=1S/C38H52N4O10S/c1-5-25-19-38(25,34(45)40-53(48,49)27-14-15-27)20-30(43)29-18-26-22-42(29)33(44)32(37(2,3)4)39-35(46)51-17-10-8-6-7-9-16-50-31-13-11-12-24-21-41(23-28(24)31)36(47)52-26/h6-7,11-13,25-27,29,32H,5,8-10,14-23H2,1-4H3,(H,39,46)(H,40,45)/b7-6+/t25-,26+,29?,32+,38-/m0/s1. The predicted molar refractivity (Wildman–Crippen MR) is 193 cm³/mol. The highest BCUT2D eigenvalue weighted by atomic mass is 32.2. The first-order valence-electron chi connectivity index (χ1n) is 18.8. The van der Waals surface area contributed by atoms with Gasteiger partial charge >= 0.3 is 12.2 Å². The van der Waals surface area contributed by atoms with E-state index in [1.54, 1.807) is 25.7 Å². The molecular formula is C38H52N4O10S. The van der Waals surface area contributed by atoms with E-state index in [0.717, 1.165) is 11.1 Å². The second-order valence-electron chi connectivity index (χ2n) is 16.1. The summed E-state index contributed by atoms with van der Waals surface area (Å²) >= 11 is 0. The SMILES string of the molecule is CC[C@H]1C[C@@]1(CC(=O)C1C[C@@H]2CN1C(=O)[C@H](C(C)(C)C)NC(=O)OCCC/C=C/CCOc1cccc3c1CN(C3)C(=O)O2)C(=O)NS(=O)(=O)C1CC1. The van der Waals surface area contributed by atoms with E-state index in [2.05, 4.69) is 10.0 Å². The number of Topliss-reactive ketones (excluding diaryl/α,β-unsaturated/α-hetero) is 1. The van der Waals surface area contributed by atoms with Crippen molar-refractivity contribution in [2.45, 2.75) is 122 Å². The Kier molecular flexibility index (Phi) is 11.1. The van der Waals surface area contributed by atoms with Crippen molar-refractivity contribution < 1.29 is 46.6 Å². The number of allylic oxidation sites excluding steroid dienone is 1. The van der Waals surface area contributed by atoms with E-state index in [9.17, 15) is 32.4 Å². The Morgan fingerprint density at radius 3 is 2.49 bits per heavy atom. The van der Waals surface area contributed by atoms with E-state index >= 15 is 0 Å². The Morgan fingerprint density at radius 2 is 1.79 bits per heavy atom. The summed E-state index contributed by atoms with van der Waals surface area (Å²) in [6.45, 7) is 8.29. The van der Waals surface area contributed by atoms with Gasteiger partial charge in [0.05, 0.1) is 43.0 Å². The smallest absolute Gasteiger partial charge is 0.410 e. The normalized spacial score (nSPS) is 29.1. The van der Waals surface area contributed by atoms with Crippen molar-refractivity contribution in [3.63, 3.8) is 0 Å². The molecule has 1 unspecified atom stereocenters. The minimum atomic E-state index is -3.84. The number of cyclic esters (lactones) is 1. The largest absolute Gasteiger partial charge is 0.493 e. The van der Waals surface area contributed by atoms with Crippen molar-refractivity contribution in [1.82, 2.24) is 19.8 Å². The molecule has 15 heteroatoms. The third kappa shape index (κ3) is 8.65. The van der Waals surface area contributed by atoms with Crippen molar-refractivity contribution in [2.75, 3.05) is 19.8 Å².